The summed E-state index contributed by atoms with van der Waals surface area (Å²) in [6.07, 6.45) is -0.529. The molecule has 2 rings (SSSR count). The summed E-state index contributed by atoms with van der Waals surface area (Å²) in [5, 5.41) is 2.93. The summed E-state index contributed by atoms with van der Waals surface area (Å²) < 4.78 is 19.3. The van der Waals surface area contributed by atoms with Gasteiger partial charge in [0.15, 0.2) is 0 Å². The van der Waals surface area contributed by atoms with E-state index < -0.39 is 6.09 Å². The molecule has 4 nitrogen and oxygen atoms in total. The maximum Gasteiger partial charge on any atom is 0.407 e. The van der Waals surface area contributed by atoms with Gasteiger partial charge in [-0.25, -0.2) is 14.2 Å². The maximum atomic E-state index is 13.7. The zero-order valence-corrected chi connectivity index (χ0v) is 12.3. The largest absolute Gasteiger partial charge is 0.442 e. The van der Waals surface area contributed by atoms with Crippen molar-refractivity contribution in [1.29, 1.82) is 0 Å². The number of alkyl carbamates (subject to hydrolysis) is 1. The molecule has 1 aromatic carbocycles. The van der Waals surface area contributed by atoms with E-state index in [1.54, 1.807) is 18.2 Å². The van der Waals surface area contributed by atoms with Crippen LogP contribution in [0, 0.1) is 5.82 Å². The zero-order valence-electron chi connectivity index (χ0n) is 9.94. The summed E-state index contributed by atoms with van der Waals surface area (Å²) in [6, 6.07) is 6.39. The number of ether oxygens (including phenoxy) is 1. The van der Waals surface area contributed by atoms with Crippen molar-refractivity contribution >= 4 is 33.4 Å². The molecule has 0 saturated heterocycles. The number of hydrogen-bond acceptors (Lipinski definition) is 4. The molecule has 0 unspecified atom stereocenters. The fourth-order valence-corrected chi connectivity index (χ4v) is 3.00. The van der Waals surface area contributed by atoms with Crippen molar-refractivity contribution in [2.75, 3.05) is 7.05 Å². The molecule has 0 spiro atoms. The highest BCUT2D eigenvalue weighted by atomic mass is 79.9. The van der Waals surface area contributed by atoms with E-state index in [1.807, 2.05) is 0 Å². The van der Waals surface area contributed by atoms with Gasteiger partial charge in [0, 0.05) is 12.6 Å². The highest BCUT2D eigenvalue weighted by Gasteiger charge is 2.15. The van der Waals surface area contributed by atoms with Gasteiger partial charge < -0.3 is 10.1 Å². The average Bonchev–Trinajstić information content (AvgIpc) is 2.77. The van der Waals surface area contributed by atoms with Gasteiger partial charge in [0.25, 0.3) is 0 Å². The van der Waals surface area contributed by atoms with E-state index in [0.717, 1.165) is 0 Å². The van der Waals surface area contributed by atoms with Gasteiger partial charge in [0.05, 0.1) is 9.48 Å². The molecular weight excluding hydrogens is 335 g/mol. The van der Waals surface area contributed by atoms with Crippen molar-refractivity contribution in [1.82, 2.24) is 10.3 Å². The average molecular weight is 345 g/mol. The van der Waals surface area contributed by atoms with Crippen LogP contribution in [0.3, 0.4) is 0 Å². The van der Waals surface area contributed by atoms with Crippen LogP contribution in [0.15, 0.2) is 28.1 Å². The Hall–Kier alpha value is -1.47. The molecule has 19 heavy (non-hydrogen) atoms. The lowest BCUT2D eigenvalue weighted by Gasteiger charge is -2.00. The van der Waals surface area contributed by atoms with Crippen molar-refractivity contribution < 1.29 is 13.9 Å². The minimum atomic E-state index is -0.529. The minimum Gasteiger partial charge on any atom is -0.442 e. The highest BCUT2D eigenvalue weighted by molar-refractivity contribution is 9.11. The smallest absolute Gasteiger partial charge is 0.407 e. The van der Waals surface area contributed by atoms with Crippen LogP contribution in [0.25, 0.3) is 11.3 Å². The van der Waals surface area contributed by atoms with Gasteiger partial charge in [0.1, 0.15) is 17.4 Å². The minimum absolute atomic E-state index is 0.0530. The summed E-state index contributed by atoms with van der Waals surface area (Å²) in [5.74, 6) is -0.340. The van der Waals surface area contributed by atoms with Crippen LogP contribution in [-0.2, 0) is 11.3 Å². The fraction of sp³-hybridized carbons (Fsp3) is 0.167. The van der Waals surface area contributed by atoms with Gasteiger partial charge in [0.2, 0.25) is 0 Å². The molecular formula is C12H10BrFN2O2S. The first-order valence-corrected chi connectivity index (χ1v) is 6.97. The zero-order chi connectivity index (χ0) is 13.8. The molecule has 0 aliphatic rings. The van der Waals surface area contributed by atoms with Crippen LogP contribution in [-0.4, -0.2) is 18.1 Å². The molecule has 100 valence electrons. The summed E-state index contributed by atoms with van der Waals surface area (Å²) in [7, 11) is 1.48. The van der Waals surface area contributed by atoms with Crippen LogP contribution >= 0.6 is 27.3 Å². The number of rotatable bonds is 3. The predicted octanol–water partition coefficient (Wildman–Crippen LogP) is 3.57. The van der Waals surface area contributed by atoms with E-state index in [2.05, 4.69) is 26.2 Å². The Labute approximate surface area is 121 Å². The second kappa shape index (κ2) is 6.12. The molecule has 0 aliphatic heterocycles. The summed E-state index contributed by atoms with van der Waals surface area (Å²) in [5.41, 5.74) is 0.926. The summed E-state index contributed by atoms with van der Waals surface area (Å²) >= 11 is 4.65. The van der Waals surface area contributed by atoms with Crippen LogP contribution in [0.2, 0.25) is 0 Å². The normalized spacial score (nSPS) is 10.3. The highest BCUT2D eigenvalue weighted by Crippen LogP contribution is 2.34. The number of thiazole rings is 1. The SMILES string of the molecule is CNC(=O)OCc1nc(-c2ccccc2F)c(Br)s1. The van der Waals surface area contributed by atoms with Crippen molar-refractivity contribution in [2.24, 2.45) is 0 Å². The molecule has 0 bridgehead atoms. The molecule has 0 saturated carbocycles. The van der Waals surface area contributed by atoms with Crippen LogP contribution < -0.4 is 5.32 Å². The number of carbonyl (C=O) groups is 1. The number of nitrogens with one attached hydrogen (secondary N) is 1. The first kappa shape index (κ1) is 14.0. The van der Waals surface area contributed by atoms with Crippen molar-refractivity contribution in [3.05, 3.63) is 38.9 Å². The van der Waals surface area contributed by atoms with Gasteiger partial charge >= 0.3 is 6.09 Å². The standard InChI is InChI=1S/C12H10BrFN2O2S/c1-15-12(17)18-6-9-16-10(11(13)19-9)7-4-2-3-5-8(7)14/h2-5H,6H2,1H3,(H,15,17). The molecule has 1 aromatic heterocycles. The quantitative estimate of drug-likeness (QED) is 0.925. The molecule has 0 radical (unpaired) electrons. The number of halogens is 2. The van der Waals surface area contributed by atoms with Crippen LogP contribution in [0.4, 0.5) is 9.18 Å². The van der Waals surface area contributed by atoms with Gasteiger partial charge in [-0.15, -0.1) is 11.3 Å². The lowest BCUT2D eigenvalue weighted by molar-refractivity contribution is 0.142. The summed E-state index contributed by atoms with van der Waals surface area (Å²) in [6.45, 7) is 0.0530. The number of aromatic nitrogens is 1. The topological polar surface area (TPSA) is 51.2 Å². The van der Waals surface area contributed by atoms with E-state index >= 15 is 0 Å². The molecule has 1 heterocycles. The van der Waals surface area contributed by atoms with E-state index in [9.17, 15) is 9.18 Å². The lowest BCUT2D eigenvalue weighted by Crippen LogP contribution is -2.18. The molecule has 0 fully saturated rings. The van der Waals surface area contributed by atoms with E-state index in [1.165, 1.54) is 24.5 Å². The molecule has 2 aromatic rings. The third kappa shape index (κ3) is 3.30. The second-order valence-corrected chi connectivity index (χ2v) is 5.94. The first-order valence-electron chi connectivity index (χ1n) is 5.36. The van der Waals surface area contributed by atoms with Gasteiger partial charge in [-0.3, -0.25) is 0 Å². The Balaban J connectivity index is 2.22. The first-order chi connectivity index (χ1) is 9.11. The molecule has 0 atom stereocenters. The number of amides is 1. The van der Waals surface area contributed by atoms with Crippen molar-refractivity contribution in [3.8, 4) is 11.3 Å². The fourth-order valence-electron chi connectivity index (χ4n) is 1.42. The maximum absolute atomic E-state index is 13.7. The number of carbonyl (C=O) groups excluding carboxylic acids is 1. The number of nitrogens with zero attached hydrogens (tertiary/aromatic N) is 1. The third-order valence-corrected chi connectivity index (χ3v) is 3.97. The van der Waals surface area contributed by atoms with Crippen LogP contribution in [0.1, 0.15) is 5.01 Å². The van der Waals surface area contributed by atoms with Crippen molar-refractivity contribution in [3.63, 3.8) is 0 Å². The lowest BCUT2D eigenvalue weighted by atomic mass is 10.2. The Kier molecular flexibility index (Phi) is 4.49. The van der Waals surface area contributed by atoms with Crippen molar-refractivity contribution in [2.45, 2.75) is 6.61 Å². The van der Waals surface area contributed by atoms with Gasteiger partial charge in [-0.05, 0) is 28.1 Å². The number of hydrogen-bond donors (Lipinski definition) is 1. The van der Waals surface area contributed by atoms with Gasteiger partial charge in [-0.1, -0.05) is 12.1 Å². The molecule has 1 amide bonds. The Morgan fingerprint density at radius 1 is 1.53 bits per heavy atom. The predicted molar refractivity (Wildman–Crippen MR) is 74.5 cm³/mol. The van der Waals surface area contributed by atoms with E-state index in [4.69, 9.17) is 4.74 Å². The molecule has 0 aliphatic carbocycles. The Bertz CT molecular complexity index is 603. The molecule has 7 heteroatoms. The Morgan fingerprint density at radius 2 is 2.26 bits per heavy atom. The monoisotopic (exact) mass is 344 g/mol. The summed E-state index contributed by atoms with van der Waals surface area (Å²) in [4.78, 5) is 15.2. The van der Waals surface area contributed by atoms with E-state index in [-0.39, 0.29) is 12.4 Å². The third-order valence-electron chi connectivity index (χ3n) is 2.29. The Morgan fingerprint density at radius 3 is 2.95 bits per heavy atom. The van der Waals surface area contributed by atoms with E-state index in [0.29, 0.717) is 20.1 Å². The van der Waals surface area contributed by atoms with Crippen LogP contribution in [0.5, 0.6) is 0 Å². The molecule has 1 N–H and O–H groups in total. The number of benzene rings is 1. The second-order valence-electron chi connectivity index (χ2n) is 3.54. The van der Waals surface area contributed by atoms with Gasteiger partial charge in [-0.2, -0.15) is 0 Å².